The van der Waals surface area contributed by atoms with Crippen LogP contribution in [0.3, 0.4) is 0 Å². The zero-order valence-corrected chi connectivity index (χ0v) is 8.53. The molecule has 0 aliphatic heterocycles. The predicted octanol–water partition coefficient (Wildman–Crippen LogP) is 2.18. The molecule has 1 aromatic heterocycles. The number of aryl methyl sites for hydroxylation is 1. The predicted molar refractivity (Wildman–Crippen MR) is 59.4 cm³/mol. The number of nitrogens with two attached hydrogens (primary N) is 1. The van der Waals surface area contributed by atoms with Gasteiger partial charge in [-0.1, -0.05) is 5.16 Å². The van der Waals surface area contributed by atoms with Crippen LogP contribution in [0.2, 0.25) is 0 Å². The number of hydrogen-bond acceptors (Lipinski definition) is 4. The summed E-state index contributed by atoms with van der Waals surface area (Å²) in [4.78, 5) is 0. The summed E-state index contributed by atoms with van der Waals surface area (Å²) in [7, 11) is 0. The van der Waals surface area contributed by atoms with E-state index in [9.17, 15) is 0 Å². The number of aromatic nitrogens is 1. The Balaban J connectivity index is 2.05. The van der Waals surface area contributed by atoms with Crippen LogP contribution in [0.25, 0.3) is 0 Å². The summed E-state index contributed by atoms with van der Waals surface area (Å²) in [5.41, 5.74) is 9.50. The van der Waals surface area contributed by atoms with Gasteiger partial charge in [0, 0.05) is 17.4 Å². The highest BCUT2D eigenvalue weighted by atomic mass is 16.5. The summed E-state index contributed by atoms with van der Waals surface area (Å²) in [5.74, 6) is 0. The highest BCUT2D eigenvalue weighted by Gasteiger charge is 1.98. The molecule has 0 atom stereocenters. The lowest BCUT2D eigenvalue weighted by molar-refractivity contribution is 0.412. The first-order chi connectivity index (χ1) is 7.24. The van der Waals surface area contributed by atoms with Gasteiger partial charge in [0.05, 0.1) is 6.54 Å². The largest absolute Gasteiger partial charge is 0.399 e. The van der Waals surface area contributed by atoms with Crippen LogP contribution >= 0.6 is 0 Å². The number of anilines is 2. The SMILES string of the molecule is Cc1cc(N)cc(NCc2ccon2)c1. The molecule has 0 bridgehead atoms. The topological polar surface area (TPSA) is 64.1 Å². The number of hydrogen-bond donors (Lipinski definition) is 2. The number of rotatable bonds is 3. The molecule has 3 N–H and O–H groups in total. The van der Waals surface area contributed by atoms with Crippen LogP contribution in [0.1, 0.15) is 11.3 Å². The van der Waals surface area contributed by atoms with E-state index in [1.807, 2.05) is 31.2 Å². The highest BCUT2D eigenvalue weighted by Crippen LogP contribution is 2.16. The van der Waals surface area contributed by atoms with Crippen LogP contribution in [-0.2, 0) is 6.54 Å². The fraction of sp³-hybridized carbons (Fsp3) is 0.182. The van der Waals surface area contributed by atoms with Crippen LogP contribution in [0.5, 0.6) is 0 Å². The van der Waals surface area contributed by atoms with Crippen molar-refractivity contribution >= 4 is 11.4 Å². The Morgan fingerprint density at radius 2 is 2.27 bits per heavy atom. The van der Waals surface area contributed by atoms with E-state index < -0.39 is 0 Å². The maximum atomic E-state index is 5.73. The third kappa shape index (κ3) is 2.49. The van der Waals surface area contributed by atoms with Crippen molar-refractivity contribution in [2.45, 2.75) is 13.5 Å². The number of nitrogens with one attached hydrogen (secondary N) is 1. The van der Waals surface area contributed by atoms with Gasteiger partial charge < -0.3 is 15.6 Å². The second-order valence-electron chi connectivity index (χ2n) is 3.48. The second kappa shape index (κ2) is 4.04. The average molecular weight is 203 g/mol. The second-order valence-corrected chi connectivity index (χ2v) is 3.48. The first kappa shape index (κ1) is 9.58. The molecular weight excluding hydrogens is 190 g/mol. The Labute approximate surface area is 88.1 Å². The first-order valence-corrected chi connectivity index (χ1v) is 4.74. The van der Waals surface area contributed by atoms with Crippen LogP contribution < -0.4 is 11.1 Å². The van der Waals surface area contributed by atoms with Gasteiger partial charge in [0.2, 0.25) is 0 Å². The Morgan fingerprint density at radius 3 is 2.93 bits per heavy atom. The minimum absolute atomic E-state index is 0.638. The zero-order chi connectivity index (χ0) is 10.7. The monoisotopic (exact) mass is 203 g/mol. The number of nitrogen functional groups attached to an aromatic ring is 1. The van der Waals surface area contributed by atoms with Crippen molar-refractivity contribution in [1.82, 2.24) is 5.16 Å². The lowest BCUT2D eigenvalue weighted by Crippen LogP contribution is -2.00. The van der Waals surface area contributed by atoms with Gasteiger partial charge in [-0.05, 0) is 30.7 Å². The summed E-state index contributed by atoms with van der Waals surface area (Å²) in [5, 5.41) is 7.03. The van der Waals surface area contributed by atoms with Gasteiger partial charge in [-0.25, -0.2) is 0 Å². The lowest BCUT2D eigenvalue weighted by Gasteiger charge is -2.06. The molecule has 0 aliphatic rings. The normalized spacial score (nSPS) is 10.2. The number of benzene rings is 1. The van der Waals surface area contributed by atoms with E-state index in [0.29, 0.717) is 6.54 Å². The quantitative estimate of drug-likeness (QED) is 0.750. The fourth-order valence-electron chi connectivity index (χ4n) is 1.44. The Bertz CT molecular complexity index is 417. The molecule has 0 fully saturated rings. The molecule has 4 nitrogen and oxygen atoms in total. The highest BCUT2D eigenvalue weighted by molar-refractivity contribution is 5.56. The molecule has 0 amide bonds. The van der Waals surface area contributed by atoms with Crippen LogP contribution in [0.4, 0.5) is 11.4 Å². The third-order valence-corrected chi connectivity index (χ3v) is 2.06. The van der Waals surface area contributed by atoms with Gasteiger partial charge >= 0.3 is 0 Å². The molecule has 0 saturated carbocycles. The van der Waals surface area contributed by atoms with E-state index in [2.05, 4.69) is 10.5 Å². The minimum Gasteiger partial charge on any atom is -0.399 e. The molecule has 2 aromatic rings. The summed E-state index contributed by atoms with van der Waals surface area (Å²) in [6, 6.07) is 7.69. The van der Waals surface area contributed by atoms with E-state index in [0.717, 1.165) is 22.6 Å². The van der Waals surface area contributed by atoms with E-state index in [-0.39, 0.29) is 0 Å². The summed E-state index contributed by atoms with van der Waals surface area (Å²) < 4.78 is 4.74. The zero-order valence-electron chi connectivity index (χ0n) is 8.53. The molecule has 2 rings (SSSR count). The van der Waals surface area contributed by atoms with E-state index in [1.54, 1.807) is 6.26 Å². The van der Waals surface area contributed by atoms with Crippen molar-refractivity contribution in [2.24, 2.45) is 0 Å². The minimum atomic E-state index is 0.638. The first-order valence-electron chi connectivity index (χ1n) is 4.74. The van der Waals surface area contributed by atoms with E-state index >= 15 is 0 Å². The average Bonchev–Trinajstić information content (AvgIpc) is 2.65. The van der Waals surface area contributed by atoms with Crippen LogP contribution in [0, 0.1) is 6.92 Å². The van der Waals surface area contributed by atoms with Gasteiger partial charge in [0.1, 0.15) is 12.0 Å². The Morgan fingerprint density at radius 1 is 1.40 bits per heavy atom. The van der Waals surface area contributed by atoms with Gasteiger partial charge in [0.15, 0.2) is 0 Å². The summed E-state index contributed by atoms with van der Waals surface area (Å²) in [6.07, 6.45) is 1.56. The van der Waals surface area contributed by atoms with Crippen molar-refractivity contribution in [1.29, 1.82) is 0 Å². The Kier molecular flexibility index (Phi) is 2.58. The van der Waals surface area contributed by atoms with E-state index in [4.69, 9.17) is 10.3 Å². The molecule has 78 valence electrons. The van der Waals surface area contributed by atoms with E-state index in [1.165, 1.54) is 0 Å². The maximum absolute atomic E-state index is 5.73. The standard InChI is InChI=1S/C11H13N3O/c1-8-4-9(12)6-11(5-8)13-7-10-2-3-15-14-10/h2-6,13H,7,12H2,1H3. The molecule has 1 heterocycles. The molecule has 0 radical (unpaired) electrons. The van der Waals surface area contributed by atoms with Gasteiger partial charge in [0.25, 0.3) is 0 Å². The molecule has 1 aromatic carbocycles. The smallest absolute Gasteiger partial charge is 0.124 e. The van der Waals surface area contributed by atoms with Crippen molar-refractivity contribution in [2.75, 3.05) is 11.1 Å². The van der Waals surface area contributed by atoms with Crippen molar-refractivity contribution < 1.29 is 4.52 Å². The van der Waals surface area contributed by atoms with Crippen molar-refractivity contribution in [3.8, 4) is 0 Å². The summed E-state index contributed by atoms with van der Waals surface area (Å²) in [6.45, 7) is 2.65. The molecule has 0 unspecified atom stereocenters. The molecule has 4 heteroatoms. The Hall–Kier alpha value is -1.97. The molecule has 0 aliphatic carbocycles. The fourth-order valence-corrected chi connectivity index (χ4v) is 1.44. The van der Waals surface area contributed by atoms with Gasteiger partial charge in [-0.15, -0.1) is 0 Å². The third-order valence-electron chi connectivity index (χ3n) is 2.06. The van der Waals surface area contributed by atoms with Crippen molar-refractivity contribution in [3.05, 3.63) is 41.8 Å². The molecular formula is C11H13N3O. The molecule has 0 spiro atoms. The van der Waals surface area contributed by atoms with Crippen LogP contribution in [-0.4, -0.2) is 5.16 Å². The summed E-state index contributed by atoms with van der Waals surface area (Å²) >= 11 is 0. The van der Waals surface area contributed by atoms with Gasteiger partial charge in [-0.3, -0.25) is 0 Å². The van der Waals surface area contributed by atoms with Crippen LogP contribution in [0.15, 0.2) is 35.1 Å². The van der Waals surface area contributed by atoms with Gasteiger partial charge in [-0.2, -0.15) is 0 Å². The molecule has 15 heavy (non-hydrogen) atoms. The lowest BCUT2D eigenvalue weighted by atomic mass is 10.2. The maximum Gasteiger partial charge on any atom is 0.124 e. The number of nitrogens with zero attached hydrogens (tertiary/aromatic N) is 1. The van der Waals surface area contributed by atoms with Crippen molar-refractivity contribution in [3.63, 3.8) is 0 Å². The molecule has 0 saturated heterocycles.